The molecule has 0 aromatic heterocycles. The van der Waals surface area contributed by atoms with Crippen molar-refractivity contribution in [1.82, 2.24) is 4.31 Å². The average molecular weight is 354 g/mol. The van der Waals surface area contributed by atoms with Gasteiger partial charge in [-0.15, -0.1) is 0 Å². The zero-order valence-corrected chi connectivity index (χ0v) is 14.6. The van der Waals surface area contributed by atoms with E-state index >= 15 is 0 Å². The zero-order chi connectivity index (χ0) is 17.7. The molecule has 1 fully saturated rings. The highest BCUT2D eigenvalue weighted by atomic mass is 32.2. The Bertz CT molecular complexity index is 700. The molecule has 1 atom stereocenters. The van der Waals surface area contributed by atoms with E-state index in [9.17, 15) is 18.0 Å². The summed E-state index contributed by atoms with van der Waals surface area (Å²) in [5, 5.41) is 2.71. The third-order valence-corrected chi connectivity index (χ3v) is 5.13. The summed E-state index contributed by atoms with van der Waals surface area (Å²) in [5.41, 5.74) is 0.900. The molecule has 0 spiro atoms. The minimum atomic E-state index is -3.43. The number of carbonyl (C=O) groups excluding carboxylic acids is 2. The largest absolute Gasteiger partial charge is 0.462 e. The SMILES string of the molecule is CCOC(=O)c1ccc(NC(=O)[C@@H]2CCCCN2S(C)(=O)=O)cc1. The summed E-state index contributed by atoms with van der Waals surface area (Å²) in [6.07, 6.45) is 3.18. The Hall–Kier alpha value is -1.93. The number of ether oxygens (including phenoxy) is 1. The molecule has 1 aromatic carbocycles. The van der Waals surface area contributed by atoms with Gasteiger partial charge in [-0.05, 0) is 44.0 Å². The normalized spacial score (nSPS) is 18.8. The molecule has 132 valence electrons. The highest BCUT2D eigenvalue weighted by molar-refractivity contribution is 7.88. The van der Waals surface area contributed by atoms with Crippen LogP contribution >= 0.6 is 0 Å². The fourth-order valence-electron chi connectivity index (χ4n) is 2.69. The van der Waals surface area contributed by atoms with Gasteiger partial charge in [0, 0.05) is 12.2 Å². The number of esters is 1. The van der Waals surface area contributed by atoms with Gasteiger partial charge in [0.1, 0.15) is 6.04 Å². The van der Waals surface area contributed by atoms with E-state index in [0.29, 0.717) is 30.8 Å². The maximum atomic E-state index is 12.4. The van der Waals surface area contributed by atoms with Crippen LogP contribution in [0.5, 0.6) is 0 Å². The molecule has 7 nitrogen and oxygen atoms in total. The highest BCUT2D eigenvalue weighted by Crippen LogP contribution is 2.21. The van der Waals surface area contributed by atoms with E-state index in [-0.39, 0.29) is 5.91 Å². The number of nitrogens with one attached hydrogen (secondary N) is 1. The quantitative estimate of drug-likeness (QED) is 0.811. The molecule has 8 heteroatoms. The van der Waals surface area contributed by atoms with Crippen LogP contribution in [0.25, 0.3) is 0 Å². The summed E-state index contributed by atoms with van der Waals surface area (Å²) in [6, 6.07) is 5.61. The summed E-state index contributed by atoms with van der Waals surface area (Å²) >= 11 is 0. The van der Waals surface area contributed by atoms with Crippen LogP contribution in [-0.4, -0.2) is 50.0 Å². The van der Waals surface area contributed by atoms with Gasteiger partial charge in [0.25, 0.3) is 0 Å². The molecule has 1 heterocycles. The molecule has 1 aliphatic heterocycles. The molecule has 0 radical (unpaired) electrons. The second-order valence-corrected chi connectivity index (χ2v) is 7.61. The van der Waals surface area contributed by atoms with E-state index in [1.165, 1.54) is 4.31 Å². The van der Waals surface area contributed by atoms with Crippen molar-refractivity contribution < 1.29 is 22.7 Å². The molecule has 1 aromatic rings. The number of sulfonamides is 1. The molecular weight excluding hydrogens is 332 g/mol. The average Bonchev–Trinajstić information content (AvgIpc) is 2.55. The summed E-state index contributed by atoms with van der Waals surface area (Å²) in [6.45, 7) is 2.38. The van der Waals surface area contributed by atoms with Crippen LogP contribution in [0.3, 0.4) is 0 Å². The smallest absolute Gasteiger partial charge is 0.338 e. The summed E-state index contributed by atoms with van der Waals surface area (Å²) < 4.78 is 29.8. The van der Waals surface area contributed by atoms with Crippen LogP contribution in [0.1, 0.15) is 36.5 Å². The van der Waals surface area contributed by atoms with Crippen molar-refractivity contribution in [3.05, 3.63) is 29.8 Å². The van der Waals surface area contributed by atoms with Crippen LogP contribution < -0.4 is 5.32 Å². The first-order chi connectivity index (χ1) is 11.3. The van der Waals surface area contributed by atoms with Crippen LogP contribution in [0.2, 0.25) is 0 Å². The Morgan fingerprint density at radius 3 is 2.50 bits per heavy atom. The topological polar surface area (TPSA) is 92.8 Å². The van der Waals surface area contributed by atoms with Gasteiger partial charge >= 0.3 is 5.97 Å². The maximum absolute atomic E-state index is 12.4. The molecule has 0 aliphatic carbocycles. The number of nitrogens with zero attached hydrogens (tertiary/aromatic N) is 1. The van der Waals surface area contributed by atoms with Gasteiger partial charge in [-0.25, -0.2) is 13.2 Å². The Morgan fingerprint density at radius 2 is 1.92 bits per heavy atom. The molecular formula is C16H22N2O5S. The lowest BCUT2D eigenvalue weighted by Crippen LogP contribution is -2.49. The van der Waals surface area contributed by atoms with E-state index in [2.05, 4.69) is 5.32 Å². The highest BCUT2D eigenvalue weighted by Gasteiger charge is 2.34. The Labute approximate surface area is 142 Å². The Balaban J connectivity index is 2.07. The number of benzene rings is 1. The van der Waals surface area contributed by atoms with Crippen molar-refractivity contribution in [3.63, 3.8) is 0 Å². The van der Waals surface area contributed by atoms with Gasteiger partial charge in [-0.1, -0.05) is 6.42 Å². The fourth-order valence-corrected chi connectivity index (χ4v) is 3.82. The lowest BCUT2D eigenvalue weighted by molar-refractivity contribution is -0.120. The molecule has 1 amide bonds. The van der Waals surface area contributed by atoms with E-state index in [0.717, 1.165) is 19.1 Å². The van der Waals surface area contributed by atoms with Crippen LogP contribution in [0.15, 0.2) is 24.3 Å². The number of amides is 1. The maximum Gasteiger partial charge on any atom is 0.338 e. The first-order valence-corrected chi connectivity index (χ1v) is 9.72. The van der Waals surface area contributed by atoms with E-state index in [4.69, 9.17) is 4.74 Å². The predicted octanol–water partition coefficient (Wildman–Crippen LogP) is 1.62. The van der Waals surface area contributed by atoms with Crippen LogP contribution in [0, 0.1) is 0 Å². The minimum Gasteiger partial charge on any atom is -0.462 e. The van der Waals surface area contributed by atoms with E-state index in [1.54, 1.807) is 31.2 Å². The zero-order valence-electron chi connectivity index (χ0n) is 13.8. The fraction of sp³-hybridized carbons (Fsp3) is 0.500. The molecule has 24 heavy (non-hydrogen) atoms. The van der Waals surface area contributed by atoms with Crippen molar-refractivity contribution >= 4 is 27.6 Å². The first kappa shape index (κ1) is 18.4. The third kappa shape index (κ3) is 4.55. The molecule has 0 unspecified atom stereocenters. The Morgan fingerprint density at radius 1 is 1.25 bits per heavy atom. The number of anilines is 1. The number of carbonyl (C=O) groups is 2. The molecule has 1 aliphatic rings. The van der Waals surface area contributed by atoms with Gasteiger partial charge in [0.2, 0.25) is 15.9 Å². The van der Waals surface area contributed by atoms with E-state index in [1.807, 2.05) is 0 Å². The number of hydrogen-bond acceptors (Lipinski definition) is 5. The second kappa shape index (κ2) is 7.76. The van der Waals surface area contributed by atoms with Gasteiger partial charge in [0.15, 0.2) is 0 Å². The van der Waals surface area contributed by atoms with Crippen LogP contribution in [0.4, 0.5) is 5.69 Å². The Kier molecular flexibility index (Phi) is 5.95. The lowest BCUT2D eigenvalue weighted by Gasteiger charge is -2.32. The molecule has 1 N–H and O–H groups in total. The number of hydrogen-bond donors (Lipinski definition) is 1. The van der Waals surface area contributed by atoms with E-state index < -0.39 is 22.0 Å². The number of piperidine rings is 1. The molecule has 2 rings (SSSR count). The van der Waals surface area contributed by atoms with Gasteiger partial charge in [-0.3, -0.25) is 4.79 Å². The molecule has 0 bridgehead atoms. The molecule has 0 saturated carbocycles. The summed E-state index contributed by atoms with van der Waals surface area (Å²) in [7, 11) is -3.43. The standard InChI is InChI=1S/C16H22N2O5S/c1-3-23-16(20)12-7-9-13(10-8-12)17-15(19)14-6-4-5-11-18(14)24(2,21)22/h7-10,14H,3-6,11H2,1-2H3,(H,17,19)/t14-/m0/s1. The van der Waals surface area contributed by atoms with Crippen molar-refractivity contribution in [2.75, 3.05) is 24.7 Å². The summed E-state index contributed by atoms with van der Waals surface area (Å²) in [4.78, 5) is 24.0. The predicted molar refractivity (Wildman–Crippen MR) is 90.2 cm³/mol. The third-order valence-electron chi connectivity index (χ3n) is 3.85. The van der Waals surface area contributed by atoms with Gasteiger partial charge in [0.05, 0.1) is 18.4 Å². The van der Waals surface area contributed by atoms with Crippen LogP contribution in [-0.2, 0) is 19.6 Å². The first-order valence-electron chi connectivity index (χ1n) is 7.88. The number of rotatable bonds is 5. The van der Waals surface area contributed by atoms with Crippen molar-refractivity contribution in [3.8, 4) is 0 Å². The molecule has 1 saturated heterocycles. The summed E-state index contributed by atoms with van der Waals surface area (Å²) in [5.74, 6) is -0.782. The van der Waals surface area contributed by atoms with Crippen molar-refractivity contribution in [1.29, 1.82) is 0 Å². The second-order valence-electron chi connectivity index (χ2n) is 5.67. The van der Waals surface area contributed by atoms with Crippen molar-refractivity contribution in [2.45, 2.75) is 32.2 Å². The lowest BCUT2D eigenvalue weighted by atomic mass is 10.0. The van der Waals surface area contributed by atoms with Gasteiger partial charge < -0.3 is 10.1 Å². The van der Waals surface area contributed by atoms with Crippen molar-refractivity contribution in [2.24, 2.45) is 0 Å². The monoisotopic (exact) mass is 354 g/mol. The van der Waals surface area contributed by atoms with Gasteiger partial charge in [-0.2, -0.15) is 4.31 Å². The minimum absolute atomic E-state index is 0.292.